The molecule has 0 amide bonds. The highest BCUT2D eigenvalue weighted by Crippen LogP contribution is 2.32. The number of fused-ring (bicyclic) bond motifs is 1. The van der Waals surface area contributed by atoms with Crippen LogP contribution in [0.25, 0.3) is 32.2 Å². The molecule has 28 heavy (non-hydrogen) atoms. The highest BCUT2D eigenvalue weighted by atomic mass is 32.1. The molecule has 4 aromatic heterocycles. The van der Waals surface area contributed by atoms with Crippen LogP contribution >= 0.6 is 11.3 Å². The maximum absolute atomic E-state index is 4.82. The lowest BCUT2D eigenvalue weighted by Crippen LogP contribution is -2.04. The van der Waals surface area contributed by atoms with Gasteiger partial charge in [0.05, 0.1) is 16.3 Å². The van der Waals surface area contributed by atoms with Gasteiger partial charge in [-0.15, -0.1) is 24.5 Å². The lowest BCUT2D eigenvalue weighted by atomic mass is 10.2. The van der Waals surface area contributed by atoms with E-state index in [-0.39, 0.29) is 0 Å². The number of thiazole rings is 1. The van der Waals surface area contributed by atoms with Crippen molar-refractivity contribution in [3.05, 3.63) is 67.8 Å². The summed E-state index contributed by atoms with van der Waals surface area (Å²) < 4.78 is 1.99. The Bertz CT molecular complexity index is 1140. The third-order valence-corrected chi connectivity index (χ3v) is 5.20. The van der Waals surface area contributed by atoms with Crippen molar-refractivity contribution in [1.82, 2.24) is 19.5 Å². The predicted octanol–water partition coefficient (Wildman–Crippen LogP) is 4.64. The number of aryl methyl sites for hydroxylation is 1. The van der Waals surface area contributed by atoms with Gasteiger partial charge in [0.25, 0.3) is 0 Å². The SMILES string of the molecule is C=C.C=NC(=NC)c1cc2ccc(-c3cnc(-c4cccnc4)s3)nc2n1C. The van der Waals surface area contributed by atoms with Crippen LogP contribution in [0.4, 0.5) is 0 Å². The second kappa shape index (κ2) is 8.49. The van der Waals surface area contributed by atoms with Gasteiger partial charge in [0.2, 0.25) is 0 Å². The monoisotopic (exact) mass is 388 g/mol. The molecule has 0 bridgehead atoms. The summed E-state index contributed by atoms with van der Waals surface area (Å²) in [5.74, 6) is 0.601. The third kappa shape index (κ3) is 3.52. The fourth-order valence-electron chi connectivity index (χ4n) is 2.83. The van der Waals surface area contributed by atoms with Crippen LogP contribution in [0, 0.1) is 0 Å². The minimum absolute atomic E-state index is 0.601. The van der Waals surface area contributed by atoms with Gasteiger partial charge in [-0.25, -0.2) is 15.0 Å². The van der Waals surface area contributed by atoms with E-state index < -0.39 is 0 Å². The first-order valence-electron chi connectivity index (χ1n) is 8.48. The van der Waals surface area contributed by atoms with Crippen LogP contribution in [0.15, 0.2) is 72.1 Å². The molecule has 0 saturated carbocycles. The largest absolute Gasteiger partial charge is 0.326 e. The second-order valence-electron chi connectivity index (χ2n) is 5.67. The summed E-state index contributed by atoms with van der Waals surface area (Å²) in [4.78, 5) is 22.7. The van der Waals surface area contributed by atoms with Gasteiger partial charge in [0.15, 0.2) is 5.84 Å². The summed E-state index contributed by atoms with van der Waals surface area (Å²) in [6.45, 7) is 9.59. The van der Waals surface area contributed by atoms with Gasteiger partial charge in [-0.05, 0) is 37.0 Å². The number of hydrogen-bond donors (Lipinski definition) is 0. The molecule has 0 unspecified atom stereocenters. The van der Waals surface area contributed by atoms with Gasteiger partial charge in [0, 0.05) is 43.6 Å². The number of aromatic nitrogens is 4. The maximum Gasteiger partial charge on any atom is 0.170 e. The molecule has 140 valence electrons. The molecule has 4 heterocycles. The van der Waals surface area contributed by atoms with E-state index >= 15 is 0 Å². The van der Waals surface area contributed by atoms with Gasteiger partial charge in [-0.1, -0.05) is 0 Å². The van der Waals surface area contributed by atoms with Gasteiger partial charge < -0.3 is 4.57 Å². The van der Waals surface area contributed by atoms with E-state index in [1.165, 1.54) is 0 Å². The Morgan fingerprint density at radius 1 is 1.18 bits per heavy atom. The van der Waals surface area contributed by atoms with E-state index in [1.807, 2.05) is 48.3 Å². The summed E-state index contributed by atoms with van der Waals surface area (Å²) in [5.41, 5.74) is 3.66. The molecule has 0 radical (unpaired) electrons. The first kappa shape index (κ1) is 19.3. The van der Waals surface area contributed by atoms with Crippen LogP contribution in [0.3, 0.4) is 0 Å². The average molecular weight is 389 g/mol. The number of amidine groups is 1. The van der Waals surface area contributed by atoms with E-state index in [0.29, 0.717) is 5.84 Å². The number of nitrogens with zero attached hydrogens (tertiary/aromatic N) is 6. The minimum atomic E-state index is 0.601. The van der Waals surface area contributed by atoms with Crippen LogP contribution in [0.2, 0.25) is 0 Å². The van der Waals surface area contributed by atoms with Gasteiger partial charge in [0.1, 0.15) is 10.7 Å². The molecule has 0 aliphatic heterocycles. The molecule has 7 heteroatoms. The molecule has 4 aromatic rings. The summed E-state index contributed by atoms with van der Waals surface area (Å²) in [6.07, 6.45) is 5.43. The molecule has 0 aromatic carbocycles. The van der Waals surface area contributed by atoms with E-state index in [1.54, 1.807) is 24.6 Å². The second-order valence-corrected chi connectivity index (χ2v) is 6.71. The van der Waals surface area contributed by atoms with E-state index in [4.69, 9.17) is 4.98 Å². The van der Waals surface area contributed by atoms with Gasteiger partial charge in [-0.2, -0.15) is 0 Å². The fraction of sp³-hybridized carbons (Fsp3) is 0.0952. The normalized spacial score (nSPS) is 11.1. The Kier molecular flexibility index (Phi) is 5.86. The molecule has 0 aliphatic carbocycles. The number of aliphatic imine (C=N–C) groups is 2. The zero-order valence-electron chi connectivity index (χ0n) is 15.8. The number of rotatable bonds is 3. The first-order chi connectivity index (χ1) is 13.7. The van der Waals surface area contributed by atoms with Gasteiger partial charge in [-0.3, -0.25) is 9.98 Å². The van der Waals surface area contributed by atoms with Crippen LogP contribution in [-0.2, 0) is 7.05 Å². The molecule has 0 aliphatic rings. The molecule has 0 saturated heterocycles. The summed E-state index contributed by atoms with van der Waals surface area (Å²) in [5, 5.41) is 1.96. The van der Waals surface area contributed by atoms with Crippen LogP contribution in [-0.4, -0.2) is 39.1 Å². The van der Waals surface area contributed by atoms with Crippen molar-refractivity contribution in [2.24, 2.45) is 17.0 Å². The molecular formula is C21H20N6S. The summed E-state index contributed by atoms with van der Waals surface area (Å²) in [6, 6.07) is 10.0. The Labute approximate surface area is 167 Å². The minimum Gasteiger partial charge on any atom is -0.326 e. The highest BCUT2D eigenvalue weighted by Gasteiger charge is 2.14. The number of pyridine rings is 2. The highest BCUT2D eigenvalue weighted by molar-refractivity contribution is 7.18. The van der Waals surface area contributed by atoms with Gasteiger partial charge >= 0.3 is 0 Å². The van der Waals surface area contributed by atoms with E-state index in [9.17, 15) is 0 Å². The Morgan fingerprint density at radius 2 is 2.00 bits per heavy atom. The third-order valence-electron chi connectivity index (χ3n) is 4.13. The Morgan fingerprint density at radius 3 is 2.68 bits per heavy atom. The van der Waals surface area contributed by atoms with Crippen LogP contribution in [0.1, 0.15) is 5.69 Å². The maximum atomic E-state index is 4.82. The zero-order valence-corrected chi connectivity index (χ0v) is 16.6. The quantitative estimate of drug-likeness (QED) is 0.292. The topological polar surface area (TPSA) is 68.3 Å². The Hall–Kier alpha value is -3.45. The molecular weight excluding hydrogens is 368 g/mol. The fourth-order valence-corrected chi connectivity index (χ4v) is 3.71. The van der Waals surface area contributed by atoms with E-state index in [0.717, 1.165) is 37.9 Å². The molecule has 0 spiro atoms. The molecule has 0 atom stereocenters. The zero-order chi connectivity index (χ0) is 20.1. The van der Waals surface area contributed by atoms with Crippen molar-refractivity contribution >= 4 is 34.9 Å². The lowest BCUT2D eigenvalue weighted by molar-refractivity contribution is 0.933. The molecule has 4 rings (SSSR count). The molecule has 0 fully saturated rings. The number of hydrogen-bond acceptors (Lipinski definition) is 5. The lowest BCUT2D eigenvalue weighted by Gasteiger charge is -2.03. The Balaban J connectivity index is 0.00000109. The van der Waals surface area contributed by atoms with Crippen LogP contribution in [0.5, 0.6) is 0 Å². The summed E-state index contributed by atoms with van der Waals surface area (Å²) >= 11 is 1.60. The predicted molar refractivity (Wildman–Crippen MR) is 118 cm³/mol. The smallest absolute Gasteiger partial charge is 0.170 e. The van der Waals surface area contributed by atoms with Crippen molar-refractivity contribution < 1.29 is 0 Å². The molecule has 6 nitrogen and oxygen atoms in total. The first-order valence-corrected chi connectivity index (χ1v) is 9.30. The van der Waals surface area contributed by atoms with Crippen molar-refractivity contribution in [3.63, 3.8) is 0 Å². The summed E-state index contributed by atoms with van der Waals surface area (Å²) in [7, 11) is 3.66. The van der Waals surface area contributed by atoms with Crippen LogP contribution < -0.4 is 0 Å². The van der Waals surface area contributed by atoms with E-state index in [2.05, 4.69) is 45.9 Å². The van der Waals surface area contributed by atoms with Crippen molar-refractivity contribution in [2.45, 2.75) is 0 Å². The van der Waals surface area contributed by atoms with Crippen molar-refractivity contribution in [1.29, 1.82) is 0 Å². The van der Waals surface area contributed by atoms with Crippen molar-refractivity contribution in [3.8, 4) is 21.1 Å². The molecule has 0 N–H and O–H groups in total. The van der Waals surface area contributed by atoms with Crippen molar-refractivity contribution in [2.75, 3.05) is 7.05 Å². The average Bonchev–Trinajstić information content (AvgIpc) is 3.37. The standard InChI is InChI=1S/C19H16N6S.C2H4/c1-20-17(21-2)15-9-12-6-7-14(24-18(12)25(15)3)16-11-23-19(26-16)13-5-4-8-22-10-13;1-2/h4-11H,1H2,2-3H3;1-2H2.